The van der Waals surface area contributed by atoms with Crippen LogP contribution >= 0.6 is 0 Å². The average molecular weight is 394 g/mol. The normalized spacial score (nSPS) is 19.3. The molecule has 0 aromatic heterocycles. The summed E-state index contributed by atoms with van der Waals surface area (Å²) in [5.74, 6) is -2.90. The van der Waals surface area contributed by atoms with Crippen LogP contribution in [0.4, 0.5) is 10.1 Å². The van der Waals surface area contributed by atoms with Gasteiger partial charge in [0.05, 0.1) is 21.8 Å². The molecular formula is C14H19FN2O6S2. The molecule has 0 amide bonds. The Morgan fingerprint density at radius 2 is 1.96 bits per heavy atom. The zero-order chi connectivity index (χ0) is 19.0. The number of carboxylic acid groups (broad SMARTS) is 1. The lowest BCUT2D eigenvalue weighted by Crippen LogP contribution is -2.30. The Labute approximate surface area is 145 Å². The highest BCUT2D eigenvalue weighted by molar-refractivity contribution is 7.93. The van der Waals surface area contributed by atoms with E-state index in [1.165, 1.54) is 13.8 Å². The SMILES string of the molecule is CC(C)S(=O)(=O)Nc1ccc(S(=O)(=O)N2CCC(C(=O)O)C2)cc1F. The van der Waals surface area contributed by atoms with Gasteiger partial charge in [-0.15, -0.1) is 0 Å². The number of hydrogen-bond acceptors (Lipinski definition) is 5. The van der Waals surface area contributed by atoms with Gasteiger partial charge < -0.3 is 5.11 Å². The predicted molar refractivity (Wildman–Crippen MR) is 88.6 cm³/mol. The summed E-state index contributed by atoms with van der Waals surface area (Å²) in [7, 11) is -7.82. The minimum absolute atomic E-state index is 0.0304. The molecule has 1 aliphatic heterocycles. The summed E-state index contributed by atoms with van der Waals surface area (Å²) in [6, 6.07) is 2.85. The van der Waals surface area contributed by atoms with Crippen molar-refractivity contribution in [3.05, 3.63) is 24.0 Å². The van der Waals surface area contributed by atoms with Gasteiger partial charge in [0.15, 0.2) is 0 Å². The highest BCUT2D eigenvalue weighted by Crippen LogP contribution is 2.27. The van der Waals surface area contributed by atoms with E-state index < -0.39 is 43.0 Å². The summed E-state index contributed by atoms with van der Waals surface area (Å²) in [5, 5.41) is 8.17. The third-order valence-corrected chi connectivity index (χ3v) is 7.56. The van der Waals surface area contributed by atoms with Crippen molar-refractivity contribution in [2.24, 2.45) is 5.92 Å². The Morgan fingerprint density at radius 1 is 1.32 bits per heavy atom. The molecule has 0 radical (unpaired) electrons. The summed E-state index contributed by atoms with van der Waals surface area (Å²) in [5.41, 5.74) is -0.350. The standard InChI is InChI=1S/C14H19FN2O6S2/c1-9(2)24(20,21)16-13-4-3-11(7-12(13)15)25(22,23)17-6-5-10(8-17)14(18)19/h3-4,7,9-10,16H,5-6,8H2,1-2H3,(H,18,19). The fourth-order valence-corrected chi connectivity index (χ4v) is 4.53. The molecule has 1 saturated heterocycles. The molecule has 1 unspecified atom stereocenters. The van der Waals surface area contributed by atoms with Gasteiger partial charge >= 0.3 is 5.97 Å². The van der Waals surface area contributed by atoms with Gasteiger partial charge in [-0.2, -0.15) is 4.31 Å². The quantitative estimate of drug-likeness (QED) is 0.745. The molecule has 1 heterocycles. The molecule has 0 bridgehead atoms. The summed E-state index contributed by atoms with van der Waals surface area (Å²) >= 11 is 0. The molecule has 0 aliphatic carbocycles. The van der Waals surface area contributed by atoms with Crippen LogP contribution in [0.5, 0.6) is 0 Å². The van der Waals surface area contributed by atoms with Crippen LogP contribution in [-0.2, 0) is 24.8 Å². The first kappa shape index (κ1) is 19.6. The lowest BCUT2D eigenvalue weighted by Gasteiger charge is -2.17. The molecule has 1 fully saturated rings. The Hall–Kier alpha value is -1.72. The van der Waals surface area contributed by atoms with E-state index in [-0.39, 0.29) is 30.1 Å². The molecule has 0 saturated carbocycles. The third-order valence-electron chi connectivity index (χ3n) is 3.95. The largest absolute Gasteiger partial charge is 0.481 e. The van der Waals surface area contributed by atoms with Gasteiger partial charge in [0, 0.05) is 13.1 Å². The van der Waals surface area contributed by atoms with E-state index in [1.807, 2.05) is 0 Å². The van der Waals surface area contributed by atoms with Gasteiger partial charge in [0.2, 0.25) is 20.0 Å². The van der Waals surface area contributed by atoms with Crippen molar-refractivity contribution in [1.29, 1.82) is 0 Å². The number of carboxylic acids is 1. The summed E-state index contributed by atoms with van der Waals surface area (Å²) < 4.78 is 65.8. The van der Waals surface area contributed by atoms with E-state index in [9.17, 15) is 26.0 Å². The first-order chi connectivity index (χ1) is 11.4. The Bertz CT molecular complexity index is 883. The van der Waals surface area contributed by atoms with Gasteiger partial charge in [-0.1, -0.05) is 0 Å². The first-order valence-electron chi connectivity index (χ1n) is 7.49. The maximum Gasteiger partial charge on any atom is 0.307 e. The third kappa shape index (κ3) is 4.10. The predicted octanol–water partition coefficient (Wildman–Crippen LogP) is 1.07. The van der Waals surface area contributed by atoms with E-state index in [4.69, 9.17) is 5.11 Å². The van der Waals surface area contributed by atoms with Crippen molar-refractivity contribution in [3.63, 3.8) is 0 Å². The first-order valence-corrected chi connectivity index (χ1v) is 10.5. The molecule has 1 aromatic carbocycles. The Kier molecular flexibility index (Phi) is 5.40. The van der Waals surface area contributed by atoms with E-state index in [1.54, 1.807) is 0 Å². The lowest BCUT2D eigenvalue weighted by molar-refractivity contribution is -0.141. The molecule has 0 spiro atoms. The zero-order valence-electron chi connectivity index (χ0n) is 13.6. The van der Waals surface area contributed by atoms with Crippen LogP contribution in [0.3, 0.4) is 0 Å². The number of nitrogens with one attached hydrogen (secondary N) is 1. The van der Waals surface area contributed by atoms with E-state index in [0.717, 1.165) is 22.5 Å². The van der Waals surface area contributed by atoms with Crippen LogP contribution in [0.15, 0.2) is 23.1 Å². The van der Waals surface area contributed by atoms with Crippen LogP contribution in [0, 0.1) is 11.7 Å². The Balaban J connectivity index is 2.27. The van der Waals surface area contributed by atoms with E-state index in [2.05, 4.69) is 4.72 Å². The van der Waals surface area contributed by atoms with E-state index in [0.29, 0.717) is 0 Å². The fourth-order valence-electron chi connectivity index (χ4n) is 2.31. The monoisotopic (exact) mass is 394 g/mol. The summed E-state index contributed by atoms with van der Waals surface area (Å²) in [4.78, 5) is 10.6. The molecule has 8 nitrogen and oxygen atoms in total. The highest BCUT2D eigenvalue weighted by atomic mass is 32.2. The molecule has 1 aliphatic rings. The summed E-state index contributed by atoms with van der Waals surface area (Å²) in [6.45, 7) is 2.69. The van der Waals surface area contributed by atoms with E-state index >= 15 is 0 Å². The van der Waals surface area contributed by atoms with Gasteiger partial charge in [-0.05, 0) is 38.5 Å². The van der Waals surface area contributed by atoms with Gasteiger partial charge in [-0.25, -0.2) is 21.2 Å². The zero-order valence-corrected chi connectivity index (χ0v) is 15.3. The van der Waals surface area contributed by atoms with Crippen molar-refractivity contribution in [1.82, 2.24) is 4.31 Å². The fraction of sp³-hybridized carbons (Fsp3) is 0.500. The molecule has 1 atom stereocenters. The minimum atomic E-state index is -4.05. The second-order valence-corrected chi connectivity index (χ2v) is 10.2. The molecule has 1 aromatic rings. The number of aliphatic carboxylic acids is 1. The minimum Gasteiger partial charge on any atom is -0.481 e. The number of benzene rings is 1. The van der Waals surface area contributed by atoms with Crippen LogP contribution in [-0.4, -0.2) is 50.6 Å². The Morgan fingerprint density at radius 3 is 2.44 bits per heavy atom. The number of anilines is 1. The van der Waals surface area contributed by atoms with Crippen LogP contribution in [0.1, 0.15) is 20.3 Å². The number of nitrogens with zero attached hydrogens (tertiary/aromatic N) is 1. The molecule has 25 heavy (non-hydrogen) atoms. The topological polar surface area (TPSA) is 121 Å². The number of carbonyl (C=O) groups is 1. The van der Waals surface area contributed by atoms with Crippen LogP contribution in [0.2, 0.25) is 0 Å². The van der Waals surface area contributed by atoms with Crippen molar-refractivity contribution in [2.75, 3.05) is 17.8 Å². The van der Waals surface area contributed by atoms with Gasteiger partial charge in [-0.3, -0.25) is 9.52 Å². The van der Waals surface area contributed by atoms with Crippen molar-refractivity contribution >= 4 is 31.7 Å². The van der Waals surface area contributed by atoms with Gasteiger partial charge in [0.1, 0.15) is 5.82 Å². The lowest BCUT2D eigenvalue weighted by atomic mass is 10.1. The highest BCUT2D eigenvalue weighted by Gasteiger charge is 2.36. The van der Waals surface area contributed by atoms with Crippen molar-refractivity contribution in [3.8, 4) is 0 Å². The van der Waals surface area contributed by atoms with Crippen LogP contribution in [0.25, 0.3) is 0 Å². The number of hydrogen-bond donors (Lipinski definition) is 2. The maximum absolute atomic E-state index is 14.2. The van der Waals surface area contributed by atoms with Gasteiger partial charge in [0.25, 0.3) is 0 Å². The molecule has 2 N–H and O–H groups in total. The maximum atomic E-state index is 14.2. The number of rotatable bonds is 6. The molecule has 2 rings (SSSR count). The second-order valence-electron chi connectivity index (χ2n) is 6.02. The summed E-state index contributed by atoms with van der Waals surface area (Å²) in [6.07, 6.45) is 0.184. The number of halogens is 1. The van der Waals surface area contributed by atoms with Crippen LogP contribution < -0.4 is 4.72 Å². The molecular weight excluding hydrogens is 375 g/mol. The average Bonchev–Trinajstić information content (AvgIpc) is 2.99. The van der Waals surface area contributed by atoms with Crippen molar-refractivity contribution < 1.29 is 31.1 Å². The smallest absolute Gasteiger partial charge is 0.307 e. The molecule has 140 valence electrons. The second kappa shape index (κ2) is 6.89. The van der Waals surface area contributed by atoms with Crippen molar-refractivity contribution in [2.45, 2.75) is 30.4 Å². The molecule has 11 heteroatoms. The number of sulfonamides is 2.